The van der Waals surface area contributed by atoms with E-state index in [-0.39, 0.29) is 30.7 Å². The molecule has 1 aliphatic carbocycles. The number of nitrogens with one attached hydrogen (secondary N) is 1. The van der Waals surface area contributed by atoms with Gasteiger partial charge >= 0.3 is 0 Å². The van der Waals surface area contributed by atoms with E-state index < -0.39 is 0 Å². The SMILES string of the molecule is CC(C)Oc1c(O[C@@H]2CCC[C@H](N)C2)ccc2[nH]ncc12.Cl. The van der Waals surface area contributed by atoms with Crippen molar-refractivity contribution in [3.8, 4) is 11.5 Å². The number of nitrogens with two attached hydrogens (primary N) is 1. The summed E-state index contributed by atoms with van der Waals surface area (Å²) in [4.78, 5) is 0. The van der Waals surface area contributed by atoms with Gasteiger partial charge in [0.05, 0.1) is 23.2 Å². The van der Waals surface area contributed by atoms with Crippen LogP contribution in [0.15, 0.2) is 18.3 Å². The molecular weight excluding hydrogens is 302 g/mol. The van der Waals surface area contributed by atoms with Gasteiger partial charge in [0.25, 0.3) is 0 Å². The largest absolute Gasteiger partial charge is 0.486 e. The van der Waals surface area contributed by atoms with Crippen molar-refractivity contribution < 1.29 is 9.47 Å². The highest BCUT2D eigenvalue weighted by Gasteiger charge is 2.23. The molecule has 0 unspecified atom stereocenters. The van der Waals surface area contributed by atoms with Gasteiger partial charge in [0.1, 0.15) is 6.10 Å². The topological polar surface area (TPSA) is 73.2 Å². The molecule has 0 aliphatic heterocycles. The Morgan fingerprint density at radius 1 is 1.32 bits per heavy atom. The first-order valence-corrected chi connectivity index (χ1v) is 7.68. The van der Waals surface area contributed by atoms with Crippen molar-refractivity contribution >= 4 is 23.3 Å². The van der Waals surface area contributed by atoms with Gasteiger partial charge in [-0.3, -0.25) is 5.10 Å². The Kier molecular flexibility index (Phi) is 5.53. The third kappa shape index (κ3) is 3.65. The first-order chi connectivity index (χ1) is 10.1. The van der Waals surface area contributed by atoms with E-state index in [2.05, 4.69) is 10.2 Å². The third-order valence-corrected chi connectivity index (χ3v) is 3.85. The Hall–Kier alpha value is -1.46. The molecule has 3 rings (SSSR count). The Bertz CT molecular complexity index is 614. The minimum atomic E-state index is 0. The molecule has 6 heteroatoms. The number of rotatable bonds is 4. The molecule has 2 atom stereocenters. The maximum atomic E-state index is 6.19. The van der Waals surface area contributed by atoms with Crippen molar-refractivity contribution in [2.75, 3.05) is 0 Å². The average molecular weight is 326 g/mol. The fourth-order valence-electron chi connectivity index (χ4n) is 2.89. The van der Waals surface area contributed by atoms with Crippen molar-refractivity contribution in [3.05, 3.63) is 18.3 Å². The summed E-state index contributed by atoms with van der Waals surface area (Å²) in [7, 11) is 0. The summed E-state index contributed by atoms with van der Waals surface area (Å²) in [6.07, 6.45) is 6.22. The van der Waals surface area contributed by atoms with Gasteiger partial charge in [0, 0.05) is 6.04 Å². The molecule has 1 aromatic heterocycles. The predicted molar refractivity (Wildman–Crippen MR) is 90.0 cm³/mol. The predicted octanol–water partition coefficient (Wildman–Crippen LogP) is 3.42. The number of halogens is 1. The molecule has 3 N–H and O–H groups in total. The molecule has 0 bridgehead atoms. The highest BCUT2D eigenvalue weighted by atomic mass is 35.5. The molecule has 22 heavy (non-hydrogen) atoms. The smallest absolute Gasteiger partial charge is 0.172 e. The Morgan fingerprint density at radius 3 is 2.86 bits per heavy atom. The fraction of sp³-hybridized carbons (Fsp3) is 0.562. The Labute approximate surface area is 137 Å². The van der Waals surface area contributed by atoms with Gasteiger partial charge in [-0.2, -0.15) is 5.10 Å². The van der Waals surface area contributed by atoms with Crippen molar-refractivity contribution in [1.82, 2.24) is 10.2 Å². The van der Waals surface area contributed by atoms with Crippen LogP contribution in [0, 0.1) is 0 Å². The standard InChI is InChI=1S/C16H23N3O2.ClH/c1-10(2)20-16-13-9-18-19-14(13)6-7-15(16)21-12-5-3-4-11(17)8-12;/h6-7,9-12H,3-5,8,17H2,1-2H3,(H,18,19);1H/t11-,12+;/m0./s1. The fourth-order valence-corrected chi connectivity index (χ4v) is 2.89. The van der Waals surface area contributed by atoms with Crippen LogP contribution in [0.25, 0.3) is 10.9 Å². The monoisotopic (exact) mass is 325 g/mol. The second kappa shape index (κ2) is 7.20. The zero-order chi connectivity index (χ0) is 14.8. The van der Waals surface area contributed by atoms with Crippen LogP contribution >= 0.6 is 12.4 Å². The Morgan fingerprint density at radius 2 is 2.14 bits per heavy atom. The zero-order valence-electron chi connectivity index (χ0n) is 13.0. The van der Waals surface area contributed by atoms with Gasteiger partial charge in [-0.15, -0.1) is 12.4 Å². The van der Waals surface area contributed by atoms with E-state index in [9.17, 15) is 0 Å². The van der Waals surface area contributed by atoms with Crippen LogP contribution in [0.4, 0.5) is 0 Å². The number of aromatic amines is 1. The number of H-pyrrole nitrogens is 1. The molecule has 0 saturated heterocycles. The van der Waals surface area contributed by atoms with E-state index >= 15 is 0 Å². The summed E-state index contributed by atoms with van der Waals surface area (Å²) < 4.78 is 12.2. The second-order valence-corrected chi connectivity index (χ2v) is 6.06. The van der Waals surface area contributed by atoms with Crippen LogP contribution in [0.1, 0.15) is 39.5 Å². The van der Waals surface area contributed by atoms with E-state index in [0.717, 1.165) is 48.1 Å². The average Bonchev–Trinajstić information content (AvgIpc) is 2.90. The number of hydrogen-bond acceptors (Lipinski definition) is 4. The van der Waals surface area contributed by atoms with Crippen molar-refractivity contribution in [2.24, 2.45) is 5.73 Å². The summed E-state index contributed by atoms with van der Waals surface area (Å²) in [5.41, 5.74) is 7.00. The third-order valence-electron chi connectivity index (χ3n) is 3.85. The summed E-state index contributed by atoms with van der Waals surface area (Å²) in [5.74, 6) is 1.56. The number of nitrogens with zero attached hydrogens (tertiary/aromatic N) is 1. The van der Waals surface area contributed by atoms with Gasteiger partial charge < -0.3 is 15.2 Å². The van der Waals surface area contributed by atoms with Gasteiger partial charge in [0.2, 0.25) is 0 Å². The number of aromatic nitrogens is 2. The lowest BCUT2D eigenvalue weighted by Crippen LogP contribution is -2.33. The van der Waals surface area contributed by atoms with Crippen LogP contribution < -0.4 is 15.2 Å². The molecule has 122 valence electrons. The summed E-state index contributed by atoms with van der Waals surface area (Å²) in [6, 6.07) is 4.18. The first kappa shape index (κ1) is 16.9. The summed E-state index contributed by atoms with van der Waals surface area (Å²) in [5, 5.41) is 8.01. The quantitative estimate of drug-likeness (QED) is 0.903. The molecule has 0 spiro atoms. The molecule has 1 aromatic carbocycles. The van der Waals surface area contributed by atoms with Crippen LogP contribution in [-0.2, 0) is 0 Å². The minimum absolute atomic E-state index is 0. The Balaban J connectivity index is 0.00000176. The van der Waals surface area contributed by atoms with Gasteiger partial charge in [0.15, 0.2) is 11.5 Å². The highest BCUT2D eigenvalue weighted by Crippen LogP contribution is 2.37. The van der Waals surface area contributed by atoms with Gasteiger partial charge in [-0.1, -0.05) is 0 Å². The molecule has 0 radical (unpaired) electrons. The molecular formula is C16H24ClN3O2. The van der Waals surface area contributed by atoms with E-state index in [1.807, 2.05) is 26.0 Å². The molecule has 1 aliphatic rings. The van der Waals surface area contributed by atoms with E-state index in [4.69, 9.17) is 15.2 Å². The number of benzene rings is 1. The number of hydrogen-bond donors (Lipinski definition) is 2. The lowest BCUT2D eigenvalue weighted by Gasteiger charge is -2.28. The molecule has 1 fully saturated rings. The maximum absolute atomic E-state index is 6.19. The van der Waals surface area contributed by atoms with E-state index in [1.165, 1.54) is 0 Å². The van der Waals surface area contributed by atoms with Crippen molar-refractivity contribution in [3.63, 3.8) is 0 Å². The maximum Gasteiger partial charge on any atom is 0.172 e. The zero-order valence-corrected chi connectivity index (χ0v) is 13.9. The first-order valence-electron chi connectivity index (χ1n) is 7.68. The highest BCUT2D eigenvalue weighted by molar-refractivity contribution is 5.87. The van der Waals surface area contributed by atoms with Crippen LogP contribution in [-0.4, -0.2) is 28.4 Å². The molecule has 2 aromatic rings. The summed E-state index contributed by atoms with van der Waals surface area (Å²) >= 11 is 0. The van der Waals surface area contributed by atoms with E-state index in [0.29, 0.717) is 0 Å². The number of fused-ring (bicyclic) bond motifs is 1. The van der Waals surface area contributed by atoms with Crippen molar-refractivity contribution in [1.29, 1.82) is 0 Å². The molecule has 1 saturated carbocycles. The lowest BCUT2D eigenvalue weighted by atomic mass is 9.93. The molecule has 1 heterocycles. The van der Waals surface area contributed by atoms with Gasteiger partial charge in [-0.25, -0.2) is 0 Å². The van der Waals surface area contributed by atoms with Crippen molar-refractivity contribution in [2.45, 2.75) is 57.8 Å². The van der Waals surface area contributed by atoms with Crippen LogP contribution in [0.2, 0.25) is 0 Å². The van der Waals surface area contributed by atoms with Crippen LogP contribution in [0.5, 0.6) is 11.5 Å². The second-order valence-electron chi connectivity index (χ2n) is 6.06. The molecule has 0 amide bonds. The minimum Gasteiger partial charge on any atom is -0.486 e. The lowest BCUT2D eigenvalue weighted by molar-refractivity contribution is 0.134. The van der Waals surface area contributed by atoms with Crippen LogP contribution in [0.3, 0.4) is 0 Å². The normalized spacial score (nSPS) is 21.6. The summed E-state index contributed by atoms with van der Waals surface area (Å²) in [6.45, 7) is 4.03. The molecule has 5 nitrogen and oxygen atoms in total. The van der Waals surface area contributed by atoms with Gasteiger partial charge in [-0.05, 0) is 51.7 Å². The van der Waals surface area contributed by atoms with E-state index in [1.54, 1.807) is 6.20 Å². The number of ether oxygens (including phenoxy) is 2.